The van der Waals surface area contributed by atoms with Crippen LogP contribution in [0.4, 0.5) is 15.9 Å². The first-order chi connectivity index (χ1) is 16.3. The van der Waals surface area contributed by atoms with Crippen molar-refractivity contribution in [3.8, 4) is 16.9 Å². The summed E-state index contributed by atoms with van der Waals surface area (Å²) in [5.74, 6) is 0.424. The number of carbonyl (C=O) groups excluding carboxylic acids is 1. The van der Waals surface area contributed by atoms with Gasteiger partial charge in [-0.1, -0.05) is 11.3 Å². The second kappa shape index (κ2) is 9.71. The number of hydrogen-bond acceptors (Lipinski definition) is 8. The van der Waals surface area contributed by atoms with Crippen LogP contribution in [0.15, 0.2) is 22.9 Å². The number of rotatable bonds is 6. The third kappa shape index (κ3) is 4.64. The maximum absolute atomic E-state index is 11.9. The monoisotopic (exact) mass is 548 g/mol. The summed E-state index contributed by atoms with van der Waals surface area (Å²) < 4.78 is 7.25. The Hall–Kier alpha value is -2.99. The topological polar surface area (TPSA) is 130 Å². The zero-order valence-electron chi connectivity index (χ0n) is 19.0. The molecule has 4 rings (SSSR count). The van der Waals surface area contributed by atoms with E-state index >= 15 is 0 Å². The number of halogens is 1. The van der Waals surface area contributed by atoms with Crippen molar-refractivity contribution in [1.82, 2.24) is 20.3 Å². The zero-order valence-corrected chi connectivity index (χ0v) is 21.4. The fraction of sp³-hybridized carbons (Fsp3) is 0.409. The number of anilines is 2. The summed E-state index contributed by atoms with van der Waals surface area (Å²) in [6, 6.07) is 1.57. The molecule has 0 aliphatic carbocycles. The van der Waals surface area contributed by atoms with Gasteiger partial charge < -0.3 is 20.1 Å². The van der Waals surface area contributed by atoms with Crippen LogP contribution in [0.5, 0.6) is 5.75 Å². The minimum Gasteiger partial charge on any atom is -0.495 e. The van der Waals surface area contributed by atoms with Crippen molar-refractivity contribution >= 4 is 60.6 Å². The highest BCUT2D eigenvalue weighted by Crippen LogP contribution is 2.44. The predicted octanol–water partition coefficient (Wildman–Crippen LogP) is 4.36. The smallest absolute Gasteiger partial charge is 0.321 e. The molecule has 0 atom stereocenters. The van der Waals surface area contributed by atoms with Crippen molar-refractivity contribution in [2.45, 2.75) is 26.7 Å². The van der Waals surface area contributed by atoms with Gasteiger partial charge in [-0.2, -0.15) is 0 Å². The molecule has 0 saturated carbocycles. The highest BCUT2D eigenvalue weighted by Gasteiger charge is 2.37. The molecule has 0 spiro atoms. The summed E-state index contributed by atoms with van der Waals surface area (Å²) in [7, 11) is 1.59. The van der Waals surface area contributed by atoms with Crippen molar-refractivity contribution in [3.63, 3.8) is 0 Å². The highest BCUT2D eigenvalue weighted by molar-refractivity contribution is 9.10. The normalized spacial score (nSPS) is 15.2. The minimum atomic E-state index is -0.761. The molecule has 180 valence electrons. The van der Waals surface area contributed by atoms with Gasteiger partial charge >= 0.3 is 12.0 Å². The molecule has 0 unspecified atom stereocenters. The van der Waals surface area contributed by atoms with E-state index in [-0.39, 0.29) is 6.03 Å². The first-order valence-corrected chi connectivity index (χ1v) is 12.4. The van der Waals surface area contributed by atoms with Gasteiger partial charge in [-0.3, -0.25) is 10.1 Å². The minimum absolute atomic E-state index is 0.310. The van der Waals surface area contributed by atoms with Gasteiger partial charge in [-0.25, -0.2) is 19.7 Å². The number of carboxylic acid groups (broad SMARTS) is 1. The van der Waals surface area contributed by atoms with Crippen molar-refractivity contribution in [2.24, 2.45) is 5.41 Å². The Balaban J connectivity index is 1.60. The van der Waals surface area contributed by atoms with E-state index < -0.39 is 11.4 Å². The van der Waals surface area contributed by atoms with Crippen LogP contribution in [-0.4, -0.2) is 58.8 Å². The molecule has 34 heavy (non-hydrogen) atoms. The lowest BCUT2D eigenvalue weighted by atomic mass is 9.80. The number of amides is 2. The standard InChI is InChI=1S/C22H25BrN6O4S/c1-4-24-20(32)28-21-27-14-9-13(16(33-3)15(23)17(14)34-21)12-10-25-19(26-11-12)29-7-5-22(2,6-8-29)18(30)31/h9-11H,4-8H2,1-3H3,(H,30,31)(H2,24,27,28,32). The van der Waals surface area contributed by atoms with Crippen molar-refractivity contribution in [2.75, 3.05) is 37.0 Å². The van der Waals surface area contributed by atoms with Crippen LogP contribution in [0.25, 0.3) is 21.3 Å². The second-order valence-electron chi connectivity index (χ2n) is 8.25. The van der Waals surface area contributed by atoms with Gasteiger partial charge in [-0.15, -0.1) is 0 Å². The van der Waals surface area contributed by atoms with Crippen molar-refractivity contribution in [3.05, 3.63) is 22.9 Å². The summed E-state index contributed by atoms with van der Waals surface area (Å²) in [5, 5.41) is 15.3. The van der Waals surface area contributed by atoms with Crippen molar-refractivity contribution in [1.29, 1.82) is 0 Å². The highest BCUT2D eigenvalue weighted by atomic mass is 79.9. The van der Waals surface area contributed by atoms with Crippen LogP contribution in [0.2, 0.25) is 0 Å². The number of hydrogen-bond donors (Lipinski definition) is 3. The van der Waals surface area contributed by atoms with E-state index in [1.807, 2.05) is 17.9 Å². The molecule has 3 N–H and O–H groups in total. The number of nitrogens with one attached hydrogen (secondary N) is 2. The Morgan fingerprint density at radius 3 is 2.56 bits per heavy atom. The quantitative estimate of drug-likeness (QED) is 0.414. The van der Waals surface area contributed by atoms with Crippen LogP contribution in [-0.2, 0) is 4.79 Å². The summed E-state index contributed by atoms with van der Waals surface area (Å²) in [4.78, 5) is 39.0. The summed E-state index contributed by atoms with van der Waals surface area (Å²) >= 11 is 4.96. The van der Waals surface area contributed by atoms with E-state index in [9.17, 15) is 14.7 Å². The van der Waals surface area contributed by atoms with E-state index in [0.29, 0.717) is 54.8 Å². The molecule has 1 fully saturated rings. The largest absolute Gasteiger partial charge is 0.495 e. The fourth-order valence-corrected chi connectivity index (χ4v) is 5.51. The average Bonchev–Trinajstić information content (AvgIpc) is 3.22. The first kappa shape index (κ1) is 24.1. The van der Waals surface area contributed by atoms with Gasteiger partial charge in [0.1, 0.15) is 5.75 Å². The molecule has 10 nitrogen and oxygen atoms in total. The van der Waals surface area contributed by atoms with E-state index in [1.54, 1.807) is 26.4 Å². The number of nitrogens with zero attached hydrogens (tertiary/aromatic N) is 4. The van der Waals surface area contributed by atoms with Crippen LogP contribution >= 0.6 is 27.3 Å². The van der Waals surface area contributed by atoms with Gasteiger partial charge in [0.15, 0.2) is 5.13 Å². The molecule has 1 saturated heterocycles. The number of fused-ring (bicyclic) bond motifs is 1. The number of aliphatic carboxylic acids is 1. The van der Waals surface area contributed by atoms with Gasteiger partial charge in [-0.05, 0) is 48.7 Å². The number of carboxylic acids is 1. The Labute approximate surface area is 208 Å². The van der Waals surface area contributed by atoms with Crippen LogP contribution in [0.1, 0.15) is 26.7 Å². The van der Waals surface area contributed by atoms with Crippen LogP contribution in [0.3, 0.4) is 0 Å². The molecule has 3 heterocycles. The van der Waals surface area contributed by atoms with E-state index in [2.05, 4.69) is 41.5 Å². The Morgan fingerprint density at radius 1 is 1.29 bits per heavy atom. The van der Waals surface area contributed by atoms with E-state index in [0.717, 1.165) is 20.3 Å². The van der Waals surface area contributed by atoms with Gasteiger partial charge in [0.2, 0.25) is 5.95 Å². The predicted molar refractivity (Wildman–Crippen MR) is 135 cm³/mol. The third-order valence-electron chi connectivity index (χ3n) is 5.96. The van der Waals surface area contributed by atoms with Crippen molar-refractivity contribution < 1.29 is 19.4 Å². The Kier molecular flexibility index (Phi) is 6.89. The number of piperidine rings is 1. The van der Waals surface area contributed by atoms with Gasteiger partial charge in [0.25, 0.3) is 0 Å². The summed E-state index contributed by atoms with van der Waals surface area (Å²) in [6.45, 7) is 5.32. The zero-order chi connectivity index (χ0) is 24.5. The Bertz CT molecular complexity index is 1220. The fourth-order valence-electron chi connectivity index (χ4n) is 3.82. The maximum Gasteiger partial charge on any atom is 0.321 e. The van der Waals surface area contributed by atoms with E-state index in [1.165, 1.54) is 11.3 Å². The Morgan fingerprint density at radius 2 is 1.97 bits per heavy atom. The molecule has 1 aliphatic heterocycles. The third-order valence-corrected chi connectivity index (χ3v) is 7.98. The number of methoxy groups -OCH3 is 1. The maximum atomic E-state index is 11.9. The molecule has 0 bridgehead atoms. The lowest BCUT2D eigenvalue weighted by Crippen LogP contribution is -2.43. The molecule has 2 amide bonds. The number of benzene rings is 1. The van der Waals surface area contributed by atoms with E-state index in [4.69, 9.17) is 4.74 Å². The lowest BCUT2D eigenvalue weighted by Gasteiger charge is -2.36. The second-order valence-corrected chi connectivity index (χ2v) is 10.0. The molecular weight excluding hydrogens is 524 g/mol. The summed E-state index contributed by atoms with van der Waals surface area (Å²) in [5.41, 5.74) is 1.51. The molecule has 0 radical (unpaired) electrons. The number of urea groups is 1. The molecule has 12 heteroatoms. The first-order valence-electron chi connectivity index (χ1n) is 10.8. The number of ether oxygens (including phenoxy) is 1. The number of aromatic nitrogens is 3. The van der Waals surface area contributed by atoms with Gasteiger partial charge in [0, 0.05) is 43.2 Å². The van der Waals surface area contributed by atoms with Crippen LogP contribution < -0.4 is 20.3 Å². The number of carbonyl (C=O) groups is 2. The molecule has 1 aliphatic rings. The molecular formula is C22H25BrN6O4S. The molecule has 2 aromatic heterocycles. The number of thiazole rings is 1. The van der Waals surface area contributed by atoms with Gasteiger partial charge in [0.05, 0.1) is 27.2 Å². The molecule has 1 aromatic carbocycles. The average molecular weight is 549 g/mol. The summed E-state index contributed by atoms with van der Waals surface area (Å²) in [6.07, 6.45) is 4.54. The lowest BCUT2D eigenvalue weighted by molar-refractivity contribution is -0.149. The SMILES string of the molecule is CCNC(=O)Nc1nc2cc(-c3cnc(N4CCC(C)(C(=O)O)CC4)nc3)c(OC)c(Br)c2s1. The van der Waals surface area contributed by atoms with Crippen LogP contribution in [0, 0.1) is 5.41 Å². The molecule has 3 aromatic rings.